The van der Waals surface area contributed by atoms with Gasteiger partial charge in [0.2, 0.25) is 0 Å². The van der Waals surface area contributed by atoms with Crippen molar-refractivity contribution in [2.24, 2.45) is 50.7 Å². The molecule has 378 valence electrons. The van der Waals surface area contributed by atoms with Gasteiger partial charge in [-0.25, -0.2) is 0 Å². The van der Waals surface area contributed by atoms with Crippen molar-refractivity contribution < 1.29 is 89.4 Å². The maximum absolute atomic E-state index is 12.9. The second kappa shape index (κ2) is 18.3. The molecule has 8 rings (SSSR count). The molecular formula is C48H78O18. The predicted octanol–water partition coefficient (Wildman–Crippen LogP) is 0.705. The lowest BCUT2D eigenvalue weighted by atomic mass is 9.41. The number of allylic oxidation sites excluding steroid dienone is 1. The van der Waals surface area contributed by atoms with Crippen LogP contribution in [0.15, 0.2) is 11.6 Å². The van der Waals surface area contributed by atoms with E-state index in [1.54, 1.807) is 0 Å². The first-order valence-electron chi connectivity index (χ1n) is 24.4. The van der Waals surface area contributed by atoms with Crippen LogP contribution < -0.4 is 0 Å². The number of fused-ring (bicyclic) bond motifs is 2. The van der Waals surface area contributed by atoms with Gasteiger partial charge in [0.1, 0.15) is 61.0 Å². The van der Waals surface area contributed by atoms with Gasteiger partial charge in [-0.1, -0.05) is 32.4 Å². The Bertz CT molecular complexity index is 1780. The van der Waals surface area contributed by atoms with Crippen molar-refractivity contribution in [2.75, 3.05) is 13.2 Å². The van der Waals surface area contributed by atoms with Crippen LogP contribution in [0.2, 0.25) is 0 Å². The average molecular weight is 943 g/mol. The molecule has 3 heterocycles. The van der Waals surface area contributed by atoms with Crippen molar-refractivity contribution in [3.63, 3.8) is 0 Å². The van der Waals surface area contributed by atoms with Gasteiger partial charge in [-0.15, -0.1) is 0 Å². The molecular weight excluding hydrogens is 865 g/mol. The van der Waals surface area contributed by atoms with Gasteiger partial charge in [-0.05, 0) is 131 Å². The van der Waals surface area contributed by atoms with Crippen LogP contribution in [0.25, 0.3) is 0 Å². The number of carboxylic acids is 1. The SMILES string of the molecule is CC(C)=CC[C@@H](O)[C@@H](C(=O)O)[C@H]1CC[C@@]2(C)[C@@H]3CC[C@H]4[C@@](C)(CO)[C@H](O[C@@H]5O[C@H](CO[C@@H]6O[C@@H](C)[C@H](O)[C@@H](O)[C@H]6O)[C@@H](O)[C@H](O)[C@H]5O[C@@H]5O[C@@H](C)[C@H](O)[C@@H](O)[C@H]5O)CC[C@@]45C[C@@]35CC[C@]12C. The first-order valence-corrected chi connectivity index (χ1v) is 24.4. The number of aliphatic hydroxyl groups is 10. The highest BCUT2D eigenvalue weighted by Gasteiger charge is 2.83. The minimum Gasteiger partial charge on any atom is -0.481 e. The Hall–Kier alpha value is -1.43. The molecule has 18 heteroatoms. The van der Waals surface area contributed by atoms with Crippen LogP contribution in [0.5, 0.6) is 0 Å². The van der Waals surface area contributed by atoms with Crippen molar-refractivity contribution in [3.05, 3.63) is 11.6 Å². The quantitative estimate of drug-likeness (QED) is 0.0895. The fraction of sp³-hybridized carbons (Fsp3) is 0.938. The van der Waals surface area contributed by atoms with Crippen LogP contribution in [0.4, 0.5) is 0 Å². The van der Waals surface area contributed by atoms with E-state index < -0.39 is 128 Å². The van der Waals surface area contributed by atoms with E-state index in [0.717, 1.165) is 56.9 Å². The third-order valence-corrected chi connectivity index (χ3v) is 19.4. The second-order valence-corrected chi connectivity index (χ2v) is 22.7. The normalized spacial score (nSPS) is 54.2. The lowest BCUT2D eigenvalue weighted by Gasteiger charge is -2.64. The lowest BCUT2D eigenvalue weighted by molar-refractivity contribution is -0.380. The van der Waals surface area contributed by atoms with E-state index in [-0.39, 0.29) is 40.1 Å². The summed E-state index contributed by atoms with van der Waals surface area (Å²) in [5.74, 6) is -1.65. The third-order valence-electron chi connectivity index (χ3n) is 19.4. The van der Waals surface area contributed by atoms with Gasteiger partial charge >= 0.3 is 5.97 Å². The van der Waals surface area contributed by atoms with Crippen LogP contribution in [0.3, 0.4) is 0 Å². The summed E-state index contributed by atoms with van der Waals surface area (Å²) in [5, 5.41) is 120. The van der Waals surface area contributed by atoms with Crippen LogP contribution in [-0.2, 0) is 33.2 Å². The number of hydrogen-bond acceptors (Lipinski definition) is 17. The van der Waals surface area contributed by atoms with Gasteiger partial charge < -0.3 is 84.6 Å². The molecule has 0 aromatic rings. The molecule has 5 saturated carbocycles. The van der Waals surface area contributed by atoms with Crippen molar-refractivity contribution in [2.45, 2.75) is 217 Å². The highest BCUT2D eigenvalue weighted by atomic mass is 16.8. The van der Waals surface area contributed by atoms with E-state index in [1.807, 2.05) is 26.8 Å². The molecule has 8 aliphatic rings. The standard InChI is InChI=1S/C48H78O18/c1-21(2)8-9-25(50)30(40(59)60)24-12-14-46(7)28-11-10-27-44(5,20-49)29(13-15-47(27)19-48(28,47)17-16-45(24,46)6)65-43-39(66-42-38(58)35(55)32(52)23(4)63-42)36(56)33(53)26(64-43)18-61-41-37(57)34(54)31(51)22(3)62-41/h8,22-39,41-43,49-58H,9-20H2,1-7H3,(H,59,60)/t22-,23-,24+,25+,26+,27-,28-,29+,30-,31-,32-,33+,34+,35+,36-,37+,38+,39+,41+,42-,43-,44+,45+,46-,47+,48-/m0/s1. The summed E-state index contributed by atoms with van der Waals surface area (Å²) in [5.41, 5.74) is -0.376. The van der Waals surface area contributed by atoms with Crippen LogP contribution in [0, 0.1) is 50.7 Å². The number of ether oxygens (including phenoxy) is 6. The number of hydrogen-bond donors (Lipinski definition) is 11. The zero-order valence-electron chi connectivity index (χ0n) is 39.5. The topological polar surface area (TPSA) is 295 Å². The molecule has 0 radical (unpaired) electrons. The van der Waals surface area contributed by atoms with Crippen molar-refractivity contribution >= 4 is 5.97 Å². The second-order valence-electron chi connectivity index (χ2n) is 22.7. The Kier molecular flexibility index (Phi) is 14.1. The molecule has 0 amide bonds. The van der Waals surface area contributed by atoms with Crippen molar-refractivity contribution in [1.29, 1.82) is 0 Å². The molecule has 5 aliphatic carbocycles. The Balaban J connectivity index is 1.03. The Morgan fingerprint density at radius 1 is 0.682 bits per heavy atom. The number of aliphatic carboxylic acids is 1. The Labute approximate surface area is 387 Å². The van der Waals surface area contributed by atoms with E-state index >= 15 is 0 Å². The Morgan fingerprint density at radius 3 is 1.91 bits per heavy atom. The summed E-state index contributed by atoms with van der Waals surface area (Å²) in [6, 6.07) is 0. The monoisotopic (exact) mass is 943 g/mol. The predicted molar refractivity (Wildman–Crippen MR) is 231 cm³/mol. The number of carboxylic acid groups (broad SMARTS) is 1. The summed E-state index contributed by atoms with van der Waals surface area (Å²) in [4.78, 5) is 12.9. The summed E-state index contributed by atoms with van der Waals surface area (Å²) in [6.07, 6.45) is -14.4. The van der Waals surface area contributed by atoms with Crippen molar-refractivity contribution in [3.8, 4) is 0 Å². The van der Waals surface area contributed by atoms with Crippen LogP contribution >= 0.6 is 0 Å². The largest absolute Gasteiger partial charge is 0.481 e. The van der Waals surface area contributed by atoms with E-state index in [2.05, 4.69) is 13.8 Å². The number of carbonyl (C=O) groups is 1. The van der Waals surface area contributed by atoms with Gasteiger partial charge in [0.15, 0.2) is 18.9 Å². The molecule has 66 heavy (non-hydrogen) atoms. The first-order chi connectivity index (χ1) is 30.9. The smallest absolute Gasteiger partial charge is 0.309 e. The van der Waals surface area contributed by atoms with Gasteiger partial charge in [0.05, 0.1) is 43.5 Å². The van der Waals surface area contributed by atoms with E-state index in [9.17, 15) is 61.0 Å². The van der Waals surface area contributed by atoms with E-state index in [0.29, 0.717) is 18.8 Å². The highest BCUT2D eigenvalue weighted by Crippen LogP contribution is 2.89. The minimum atomic E-state index is -1.77. The van der Waals surface area contributed by atoms with E-state index in [1.165, 1.54) is 13.8 Å². The zero-order valence-corrected chi connectivity index (χ0v) is 39.5. The molecule has 0 aromatic carbocycles. The summed E-state index contributed by atoms with van der Waals surface area (Å²) < 4.78 is 36.5. The number of rotatable bonds is 13. The highest BCUT2D eigenvalue weighted by molar-refractivity contribution is 5.71. The van der Waals surface area contributed by atoms with Gasteiger partial charge in [0.25, 0.3) is 0 Å². The fourth-order valence-electron chi connectivity index (χ4n) is 15.4. The third kappa shape index (κ3) is 7.87. The van der Waals surface area contributed by atoms with Gasteiger partial charge in [-0.2, -0.15) is 0 Å². The van der Waals surface area contributed by atoms with Gasteiger partial charge in [0, 0.05) is 5.41 Å². The summed E-state index contributed by atoms with van der Waals surface area (Å²) in [6.45, 7) is 12.8. The Morgan fingerprint density at radius 2 is 1.29 bits per heavy atom. The molecule has 0 bridgehead atoms. The molecule has 11 N–H and O–H groups in total. The first kappa shape index (κ1) is 50.9. The molecule has 8 fully saturated rings. The molecule has 3 aliphatic heterocycles. The molecule has 18 nitrogen and oxygen atoms in total. The molecule has 3 saturated heterocycles. The molecule has 26 atom stereocenters. The van der Waals surface area contributed by atoms with Crippen molar-refractivity contribution in [1.82, 2.24) is 0 Å². The molecule has 0 unspecified atom stereocenters. The minimum absolute atomic E-state index is 0.0140. The van der Waals surface area contributed by atoms with Crippen LogP contribution in [0.1, 0.15) is 113 Å². The lowest BCUT2D eigenvalue weighted by Crippen LogP contribution is -2.66. The van der Waals surface area contributed by atoms with E-state index in [4.69, 9.17) is 28.4 Å². The fourth-order valence-corrected chi connectivity index (χ4v) is 15.4. The maximum Gasteiger partial charge on any atom is 0.309 e. The summed E-state index contributed by atoms with van der Waals surface area (Å²) in [7, 11) is 0. The zero-order chi connectivity index (χ0) is 48.2. The number of aliphatic hydroxyl groups excluding tert-OH is 10. The average Bonchev–Trinajstić information content (AvgIpc) is 3.87. The van der Waals surface area contributed by atoms with Gasteiger partial charge in [-0.3, -0.25) is 4.79 Å². The molecule has 0 aromatic heterocycles. The van der Waals surface area contributed by atoms with Crippen LogP contribution in [-0.4, -0.2) is 180 Å². The maximum atomic E-state index is 12.9. The molecule has 2 spiro atoms. The summed E-state index contributed by atoms with van der Waals surface area (Å²) >= 11 is 0.